The van der Waals surface area contributed by atoms with E-state index >= 15 is 0 Å². The molecule has 0 saturated carbocycles. The van der Waals surface area contributed by atoms with Gasteiger partial charge < -0.3 is 19.9 Å². The van der Waals surface area contributed by atoms with Gasteiger partial charge >= 0.3 is 5.69 Å². The largest absolute Gasteiger partial charge is 0.487 e. The first-order valence-electron chi connectivity index (χ1n) is 11.1. The van der Waals surface area contributed by atoms with Crippen LogP contribution in [0.5, 0.6) is 5.75 Å². The summed E-state index contributed by atoms with van der Waals surface area (Å²) in [6.45, 7) is 9.03. The lowest BCUT2D eigenvalue weighted by molar-refractivity contribution is -0.385. The van der Waals surface area contributed by atoms with E-state index in [1.54, 1.807) is 19.1 Å². The van der Waals surface area contributed by atoms with Gasteiger partial charge in [-0.25, -0.2) is 0 Å². The highest BCUT2D eigenvalue weighted by molar-refractivity contribution is 6.04. The fourth-order valence-electron chi connectivity index (χ4n) is 3.73. The zero-order chi connectivity index (χ0) is 24.0. The molecule has 2 amide bonds. The number of amides is 2. The SMILES string of the molecule is CCOc1ccc(C(=O)Nc2ccc(N3CCN(C(=O)CC(C)C)CC3)cc2)cc1[N+](=O)[O-]. The van der Waals surface area contributed by atoms with E-state index in [2.05, 4.69) is 10.2 Å². The number of hydrogen-bond donors (Lipinski definition) is 1. The highest BCUT2D eigenvalue weighted by atomic mass is 16.6. The van der Waals surface area contributed by atoms with Crippen molar-refractivity contribution in [3.05, 3.63) is 58.1 Å². The van der Waals surface area contributed by atoms with Gasteiger partial charge in [0.15, 0.2) is 5.75 Å². The van der Waals surface area contributed by atoms with Crippen LogP contribution in [0.1, 0.15) is 37.6 Å². The van der Waals surface area contributed by atoms with Gasteiger partial charge in [0.25, 0.3) is 5.91 Å². The molecule has 1 aliphatic rings. The number of rotatable bonds is 8. The first kappa shape index (κ1) is 24.0. The first-order chi connectivity index (χ1) is 15.8. The van der Waals surface area contributed by atoms with Crippen molar-refractivity contribution in [2.45, 2.75) is 27.2 Å². The lowest BCUT2D eigenvalue weighted by Gasteiger charge is -2.36. The first-order valence-corrected chi connectivity index (χ1v) is 11.1. The van der Waals surface area contributed by atoms with Crippen LogP contribution in [-0.4, -0.2) is 54.4 Å². The summed E-state index contributed by atoms with van der Waals surface area (Å²) in [6.07, 6.45) is 0.575. The van der Waals surface area contributed by atoms with Crippen LogP contribution in [0.15, 0.2) is 42.5 Å². The molecule has 0 radical (unpaired) electrons. The molecule has 1 N–H and O–H groups in total. The highest BCUT2D eigenvalue weighted by Gasteiger charge is 2.22. The van der Waals surface area contributed by atoms with E-state index in [0.717, 1.165) is 18.8 Å². The lowest BCUT2D eigenvalue weighted by Crippen LogP contribution is -2.49. The van der Waals surface area contributed by atoms with Crippen molar-refractivity contribution >= 4 is 28.9 Å². The minimum absolute atomic E-state index is 0.134. The normalized spacial score (nSPS) is 13.7. The maximum absolute atomic E-state index is 12.6. The van der Waals surface area contributed by atoms with Crippen LogP contribution in [0.25, 0.3) is 0 Å². The zero-order valence-electron chi connectivity index (χ0n) is 19.2. The Morgan fingerprint density at radius 1 is 1.09 bits per heavy atom. The molecule has 0 spiro atoms. The Labute approximate surface area is 193 Å². The van der Waals surface area contributed by atoms with E-state index in [1.165, 1.54) is 18.2 Å². The predicted octanol–water partition coefficient (Wildman–Crippen LogP) is 3.94. The number of carbonyl (C=O) groups excluding carboxylic acids is 2. The second-order valence-electron chi connectivity index (χ2n) is 8.34. The molecule has 0 unspecified atom stereocenters. The molecule has 1 heterocycles. The number of anilines is 2. The predicted molar refractivity (Wildman–Crippen MR) is 127 cm³/mol. The quantitative estimate of drug-likeness (QED) is 0.478. The molecule has 1 fully saturated rings. The molecule has 9 heteroatoms. The number of nitro benzene ring substituents is 1. The molecule has 3 rings (SSSR count). The van der Waals surface area contributed by atoms with Gasteiger partial charge in [0.2, 0.25) is 5.91 Å². The van der Waals surface area contributed by atoms with Gasteiger partial charge in [0.1, 0.15) is 0 Å². The summed E-state index contributed by atoms with van der Waals surface area (Å²) in [5.41, 5.74) is 1.54. The number of nitro groups is 1. The molecule has 1 aliphatic heterocycles. The Bertz CT molecular complexity index is 998. The van der Waals surface area contributed by atoms with E-state index in [4.69, 9.17) is 4.74 Å². The molecule has 33 heavy (non-hydrogen) atoms. The van der Waals surface area contributed by atoms with Crippen molar-refractivity contribution in [2.75, 3.05) is 43.0 Å². The van der Waals surface area contributed by atoms with Crippen LogP contribution >= 0.6 is 0 Å². The maximum atomic E-state index is 12.6. The Balaban J connectivity index is 1.60. The van der Waals surface area contributed by atoms with E-state index in [9.17, 15) is 19.7 Å². The summed E-state index contributed by atoms with van der Waals surface area (Å²) in [5, 5.41) is 14.1. The molecule has 1 saturated heterocycles. The fourth-order valence-corrected chi connectivity index (χ4v) is 3.73. The second-order valence-corrected chi connectivity index (χ2v) is 8.34. The average molecular weight is 455 g/mol. The van der Waals surface area contributed by atoms with Crippen LogP contribution < -0.4 is 15.0 Å². The molecular weight excluding hydrogens is 424 g/mol. The van der Waals surface area contributed by atoms with Gasteiger partial charge in [-0.15, -0.1) is 0 Å². The molecule has 0 atom stereocenters. The minimum atomic E-state index is -0.563. The Morgan fingerprint density at radius 3 is 2.33 bits per heavy atom. The molecule has 2 aromatic carbocycles. The summed E-state index contributed by atoms with van der Waals surface area (Å²) >= 11 is 0. The summed E-state index contributed by atoms with van der Waals surface area (Å²) < 4.78 is 5.26. The minimum Gasteiger partial charge on any atom is -0.487 e. The maximum Gasteiger partial charge on any atom is 0.311 e. The van der Waals surface area contributed by atoms with Gasteiger partial charge in [-0.2, -0.15) is 0 Å². The molecule has 2 aromatic rings. The molecule has 0 bridgehead atoms. The molecule has 9 nitrogen and oxygen atoms in total. The summed E-state index contributed by atoms with van der Waals surface area (Å²) in [5.74, 6) is 0.254. The summed E-state index contributed by atoms with van der Waals surface area (Å²) in [7, 11) is 0. The van der Waals surface area contributed by atoms with E-state index < -0.39 is 10.8 Å². The van der Waals surface area contributed by atoms with Crippen molar-refractivity contribution in [1.82, 2.24) is 4.90 Å². The van der Waals surface area contributed by atoms with Crippen LogP contribution in [0.3, 0.4) is 0 Å². The monoisotopic (exact) mass is 454 g/mol. The number of benzene rings is 2. The van der Waals surface area contributed by atoms with Crippen molar-refractivity contribution in [1.29, 1.82) is 0 Å². The number of carbonyl (C=O) groups is 2. The van der Waals surface area contributed by atoms with E-state index in [1.807, 2.05) is 30.9 Å². The van der Waals surface area contributed by atoms with Crippen LogP contribution in [0, 0.1) is 16.0 Å². The molecule has 0 aliphatic carbocycles. The Morgan fingerprint density at radius 2 is 1.76 bits per heavy atom. The van der Waals surface area contributed by atoms with E-state index in [0.29, 0.717) is 37.7 Å². The Kier molecular flexibility index (Phi) is 7.87. The third-order valence-corrected chi connectivity index (χ3v) is 5.42. The fraction of sp³-hybridized carbons (Fsp3) is 0.417. The Hall–Kier alpha value is -3.62. The van der Waals surface area contributed by atoms with Gasteiger partial charge in [0.05, 0.1) is 11.5 Å². The van der Waals surface area contributed by atoms with Crippen molar-refractivity contribution in [2.24, 2.45) is 5.92 Å². The number of hydrogen-bond acceptors (Lipinski definition) is 6. The second kappa shape index (κ2) is 10.8. The molecular formula is C24H30N4O5. The third-order valence-electron chi connectivity index (χ3n) is 5.42. The standard InChI is InChI=1S/C24H30N4O5/c1-4-33-22-10-5-18(16-21(22)28(31)32)24(30)25-19-6-8-20(9-7-19)26-11-13-27(14-12-26)23(29)15-17(2)3/h5-10,16-17H,4,11-15H2,1-3H3,(H,25,30). The van der Waals surface area contributed by atoms with Gasteiger partial charge in [-0.1, -0.05) is 13.8 Å². The number of nitrogens with zero attached hydrogens (tertiary/aromatic N) is 3. The van der Waals surface area contributed by atoms with Gasteiger partial charge in [-0.3, -0.25) is 19.7 Å². The topological polar surface area (TPSA) is 105 Å². The van der Waals surface area contributed by atoms with Gasteiger partial charge in [-0.05, 0) is 49.2 Å². The molecule has 0 aromatic heterocycles. The van der Waals surface area contributed by atoms with Crippen LogP contribution in [0.2, 0.25) is 0 Å². The smallest absolute Gasteiger partial charge is 0.311 e. The zero-order valence-corrected chi connectivity index (χ0v) is 19.2. The van der Waals surface area contributed by atoms with Crippen LogP contribution in [0.4, 0.5) is 17.1 Å². The van der Waals surface area contributed by atoms with Gasteiger partial charge in [0, 0.05) is 55.6 Å². The highest BCUT2D eigenvalue weighted by Crippen LogP contribution is 2.28. The van der Waals surface area contributed by atoms with Crippen LogP contribution in [-0.2, 0) is 4.79 Å². The number of piperazine rings is 1. The average Bonchev–Trinajstić information content (AvgIpc) is 2.79. The number of ether oxygens (including phenoxy) is 1. The summed E-state index contributed by atoms with van der Waals surface area (Å²) in [4.78, 5) is 39.7. The van der Waals surface area contributed by atoms with E-state index in [-0.39, 0.29) is 22.9 Å². The molecule has 176 valence electrons. The van der Waals surface area contributed by atoms with Crippen molar-refractivity contribution < 1.29 is 19.2 Å². The van der Waals surface area contributed by atoms with Crippen molar-refractivity contribution in [3.63, 3.8) is 0 Å². The number of nitrogens with one attached hydrogen (secondary N) is 1. The lowest BCUT2D eigenvalue weighted by atomic mass is 10.1. The van der Waals surface area contributed by atoms with Crippen molar-refractivity contribution in [3.8, 4) is 5.75 Å². The third kappa shape index (κ3) is 6.21. The summed E-state index contributed by atoms with van der Waals surface area (Å²) in [6, 6.07) is 11.6.